The fourth-order valence-corrected chi connectivity index (χ4v) is 5.01. The number of aliphatic carboxylic acids is 1. The second-order valence-electron chi connectivity index (χ2n) is 9.81. The normalized spacial score (nSPS) is 17.5. The van der Waals surface area contributed by atoms with E-state index in [4.69, 9.17) is 14.6 Å². The lowest BCUT2D eigenvalue weighted by atomic mass is 10.1. The van der Waals surface area contributed by atoms with Crippen molar-refractivity contribution < 1.29 is 32.6 Å². The Morgan fingerprint density at radius 3 is 2.64 bits per heavy atom. The van der Waals surface area contributed by atoms with Crippen LogP contribution in [0.1, 0.15) is 24.1 Å². The number of aromatic nitrogens is 3. The maximum atomic E-state index is 13.3. The second-order valence-corrected chi connectivity index (χ2v) is 9.81. The van der Waals surface area contributed by atoms with Crippen molar-refractivity contribution in [2.75, 3.05) is 48.4 Å². The van der Waals surface area contributed by atoms with Gasteiger partial charge in [0.2, 0.25) is 0 Å². The molecular weight excluding hydrogens is 519 g/mol. The van der Waals surface area contributed by atoms with Gasteiger partial charge in [0.15, 0.2) is 5.75 Å². The average Bonchev–Trinajstić information content (AvgIpc) is 3.31. The van der Waals surface area contributed by atoms with Gasteiger partial charge in [-0.05, 0) is 44.4 Å². The summed E-state index contributed by atoms with van der Waals surface area (Å²) >= 11 is 0. The molecule has 11 nitrogen and oxygen atoms in total. The van der Waals surface area contributed by atoms with Crippen molar-refractivity contribution in [3.8, 4) is 5.75 Å². The Morgan fingerprint density at radius 2 is 1.97 bits per heavy atom. The minimum absolute atomic E-state index is 0.203. The zero-order valence-corrected chi connectivity index (χ0v) is 21.4. The SMILES string of the molecule is COc1cn2nc(C)cc2cc1NC(=O)N1CCc2c(N3CCNC4(CC4)C3)ccnc21.O=C(O)C(F)(F)F. The molecule has 3 aromatic rings. The minimum atomic E-state index is -5.08. The van der Waals surface area contributed by atoms with E-state index in [-0.39, 0.29) is 6.03 Å². The number of alkyl halides is 3. The molecule has 2 amide bonds. The zero-order chi connectivity index (χ0) is 27.9. The first kappa shape index (κ1) is 26.5. The summed E-state index contributed by atoms with van der Waals surface area (Å²) in [5.74, 6) is -1.44. The number of amides is 2. The lowest BCUT2D eigenvalue weighted by Crippen LogP contribution is -2.52. The molecule has 0 radical (unpaired) electrons. The van der Waals surface area contributed by atoms with Gasteiger partial charge in [0.25, 0.3) is 0 Å². The van der Waals surface area contributed by atoms with Crippen LogP contribution in [0.25, 0.3) is 5.52 Å². The number of methoxy groups -OCH3 is 1. The number of carbonyl (C=O) groups is 2. The molecule has 3 aliphatic rings. The first-order valence-electron chi connectivity index (χ1n) is 12.4. The van der Waals surface area contributed by atoms with Gasteiger partial charge in [0, 0.05) is 49.2 Å². The summed E-state index contributed by atoms with van der Waals surface area (Å²) < 4.78 is 39.0. The van der Waals surface area contributed by atoms with Crippen LogP contribution in [0.3, 0.4) is 0 Å². The summed E-state index contributed by atoms with van der Waals surface area (Å²) in [6, 6.07) is 5.74. The smallest absolute Gasteiger partial charge is 0.490 e. The van der Waals surface area contributed by atoms with E-state index in [0.29, 0.717) is 23.5 Å². The molecular formula is C25H28F3N7O4. The molecule has 0 atom stereocenters. The molecule has 6 rings (SSSR count). The van der Waals surface area contributed by atoms with E-state index in [0.717, 1.165) is 48.6 Å². The second kappa shape index (κ2) is 9.91. The van der Waals surface area contributed by atoms with Crippen molar-refractivity contribution in [1.29, 1.82) is 0 Å². The number of rotatable bonds is 3. The number of anilines is 3. The molecule has 1 saturated carbocycles. The highest BCUT2D eigenvalue weighted by Gasteiger charge is 2.46. The van der Waals surface area contributed by atoms with Gasteiger partial charge in [-0.2, -0.15) is 18.3 Å². The third-order valence-electron chi connectivity index (χ3n) is 7.05. The molecule has 0 bridgehead atoms. The van der Waals surface area contributed by atoms with Crippen molar-refractivity contribution >= 4 is 34.7 Å². The highest BCUT2D eigenvalue weighted by atomic mass is 19.4. The van der Waals surface area contributed by atoms with E-state index in [1.165, 1.54) is 18.5 Å². The summed E-state index contributed by atoms with van der Waals surface area (Å²) in [6.07, 6.45) is 1.82. The topological polar surface area (TPSA) is 124 Å². The highest BCUT2D eigenvalue weighted by molar-refractivity contribution is 6.04. The molecule has 0 unspecified atom stereocenters. The van der Waals surface area contributed by atoms with Gasteiger partial charge in [0.1, 0.15) is 5.82 Å². The number of nitrogens with one attached hydrogen (secondary N) is 2. The summed E-state index contributed by atoms with van der Waals surface area (Å²) in [5.41, 5.74) is 5.09. The van der Waals surface area contributed by atoms with Gasteiger partial charge in [-0.25, -0.2) is 19.1 Å². The Labute approximate surface area is 221 Å². The number of nitrogens with zero attached hydrogens (tertiary/aromatic N) is 5. The summed E-state index contributed by atoms with van der Waals surface area (Å²) in [5, 5.41) is 18.2. The highest BCUT2D eigenvalue weighted by Crippen LogP contribution is 2.41. The fourth-order valence-electron chi connectivity index (χ4n) is 5.01. The Morgan fingerprint density at radius 1 is 1.23 bits per heavy atom. The number of halogens is 3. The van der Waals surface area contributed by atoms with Crippen LogP contribution in [-0.2, 0) is 11.2 Å². The number of carbonyl (C=O) groups excluding carboxylic acids is 1. The summed E-state index contributed by atoms with van der Waals surface area (Å²) in [7, 11) is 1.59. The predicted molar refractivity (Wildman–Crippen MR) is 137 cm³/mol. The van der Waals surface area contributed by atoms with Crippen molar-refractivity contribution in [3.63, 3.8) is 0 Å². The molecule has 5 heterocycles. The third-order valence-corrected chi connectivity index (χ3v) is 7.05. The predicted octanol–water partition coefficient (Wildman–Crippen LogP) is 3.22. The molecule has 3 aromatic heterocycles. The number of fused-ring (bicyclic) bond motifs is 2. The van der Waals surface area contributed by atoms with Crippen LogP contribution in [0, 0.1) is 6.92 Å². The Balaban J connectivity index is 0.000000392. The van der Waals surface area contributed by atoms with Crippen LogP contribution >= 0.6 is 0 Å². The van der Waals surface area contributed by atoms with E-state index in [1.807, 2.05) is 25.3 Å². The first-order valence-corrected chi connectivity index (χ1v) is 12.4. The number of ether oxygens (including phenoxy) is 1. The van der Waals surface area contributed by atoms with E-state index in [2.05, 4.69) is 31.7 Å². The third kappa shape index (κ3) is 5.41. The summed E-state index contributed by atoms with van der Waals surface area (Å²) in [4.78, 5) is 30.9. The van der Waals surface area contributed by atoms with Crippen molar-refractivity contribution in [1.82, 2.24) is 19.9 Å². The maximum absolute atomic E-state index is 13.3. The van der Waals surface area contributed by atoms with Crippen LogP contribution in [-0.4, -0.2) is 76.7 Å². The van der Waals surface area contributed by atoms with Crippen molar-refractivity contribution in [2.24, 2.45) is 0 Å². The lowest BCUT2D eigenvalue weighted by Gasteiger charge is -2.36. The summed E-state index contributed by atoms with van der Waals surface area (Å²) in [6.45, 7) is 5.55. The molecule has 208 valence electrons. The van der Waals surface area contributed by atoms with Gasteiger partial charge in [-0.1, -0.05) is 0 Å². The zero-order valence-electron chi connectivity index (χ0n) is 21.4. The van der Waals surface area contributed by atoms with Crippen LogP contribution in [0.2, 0.25) is 0 Å². The number of piperazine rings is 1. The van der Waals surface area contributed by atoms with E-state index >= 15 is 0 Å². The maximum Gasteiger partial charge on any atom is 0.490 e. The van der Waals surface area contributed by atoms with Gasteiger partial charge in [-0.15, -0.1) is 0 Å². The van der Waals surface area contributed by atoms with Crippen LogP contribution in [0.5, 0.6) is 5.75 Å². The van der Waals surface area contributed by atoms with Gasteiger partial charge in [0.05, 0.1) is 30.2 Å². The fraction of sp³-hybridized carbons (Fsp3) is 0.440. The Hall–Kier alpha value is -4.07. The number of aryl methyl sites for hydroxylation is 1. The molecule has 3 N–H and O–H groups in total. The molecule has 1 spiro atoms. The molecule has 39 heavy (non-hydrogen) atoms. The van der Waals surface area contributed by atoms with Crippen molar-refractivity contribution in [3.05, 3.63) is 41.9 Å². The molecule has 1 saturated heterocycles. The lowest BCUT2D eigenvalue weighted by molar-refractivity contribution is -0.192. The standard InChI is InChI=1S/C23H27N7O2.C2HF3O2/c1-15-11-16-12-18(20(32-2)13-30(16)27-15)26-22(31)29-9-4-17-19(3-7-24-21(17)29)28-10-8-25-23(14-28)5-6-23;3-2(4,5)1(6)7/h3,7,11-13,25H,4-6,8-10,14H2,1-2H3,(H,26,31);(H,6,7). The monoisotopic (exact) mass is 547 g/mol. The van der Waals surface area contributed by atoms with Gasteiger partial charge >= 0.3 is 18.2 Å². The van der Waals surface area contributed by atoms with Crippen molar-refractivity contribution in [2.45, 2.75) is 37.9 Å². The van der Waals surface area contributed by atoms with Crippen LogP contribution < -0.4 is 25.2 Å². The molecule has 0 aromatic carbocycles. The first-order chi connectivity index (χ1) is 18.5. The van der Waals surface area contributed by atoms with E-state index in [1.54, 1.807) is 22.7 Å². The largest absolute Gasteiger partial charge is 0.493 e. The Kier molecular flexibility index (Phi) is 6.74. The van der Waals surface area contributed by atoms with Crippen LogP contribution in [0.15, 0.2) is 30.6 Å². The van der Waals surface area contributed by atoms with Gasteiger partial charge in [-0.3, -0.25) is 4.90 Å². The number of carboxylic acids is 1. The quantitative estimate of drug-likeness (QED) is 0.457. The molecule has 2 fully saturated rings. The average molecular weight is 548 g/mol. The molecule has 2 aliphatic heterocycles. The minimum Gasteiger partial charge on any atom is -0.493 e. The van der Waals surface area contributed by atoms with Gasteiger partial charge < -0.3 is 25.4 Å². The number of carboxylic acid groups (broad SMARTS) is 1. The number of urea groups is 1. The van der Waals surface area contributed by atoms with E-state index < -0.39 is 12.1 Å². The molecule has 1 aliphatic carbocycles. The molecule has 14 heteroatoms. The number of hydrogen-bond acceptors (Lipinski definition) is 7. The number of hydrogen-bond donors (Lipinski definition) is 3. The number of pyridine rings is 2. The van der Waals surface area contributed by atoms with E-state index in [9.17, 15) is 18.0 Å². The Bertz CT molecular complexity index is 1420. The van der Waals surface area contributed by atoms with Crippen LogP contribution in [0.4, 0.5) is 35.2 Å².